The third kappa shape index (κ3) is 3.35. The highest BCUT2D eigenvalue weighted by atomic mass is 32.1. The van der Waals surface area contributed by atoms with E-state index in [1.165, 1.54) is 12.7 Å². The van der Waals surface area contributed by atoms with Crippen molar-refractivity contribution in [2.75, 3.05) is 7.11 Å². The molecule has 0 saturated carbocycles. The van der Waals surface area contributed by atoms with E-state index in [1.807, 2.05) is 17.5 Å². The van der Waals surface area contributed by atoms with Gasteiger partial charge in [0.2, 0.25) is 0 Å². The van der Waals surface area contributed by atoms with Crippen LogP contribution in [0.1, 0.15) is 16.3 Å². The summed E-state index contributed by atoms with van der Waals surface area (Å²) in [5, 5.41) is 2.89. The maximum Gasteiger partial charge on any atom is 0.311 e. The standard InChI is InChI=1S/C12H12N2O2S/c1-16-12(15)7-10-8-17-11(14-10)6-9-2-4-13-5-3-9/h2-5,8H,6-7H2,1H3. The summed E-state index contributed by atoms with van der Waals surface area (Å²) < 4.78 is 4.60. The maximum atomic E-state index is 11.1. The number of nitrogens with zero attached hydrogens (tertiary/aromatic N) is 2. The van der Waals surface area contributed by atoms with Crippen LogP contribution >= 0.6 is 11.3 Å². The summed E-state index contributed by atoms with van der Waals surface area (Å²) in [4.78, 5) is 19.4. The third-order valence-corrected chi connectivity index (χ3v) is 3.15. The van der Waals surface area contributed by atoms with Crippen LogP contribution in [0.15, 0.2) is 29.9 Å². The molecule has 17 heavy (non-hydrogen) atoms. The van der Waals surface area contributed by atoms with Gasteiger partial charge in [-0.1, -0.05) is 0 Å². The highest BCUT2D eigenvalue weighted by molar-refractivity contribution is 7.09. The van der Waals surface area contributed by atoms with Gasteiger partial charge in [-0.05, 0) is 17.7 Å². The van der Waals surface area contributed by atoms with Crippen LogP contribution in [0.25, 0.3) is 0 Å². The summed E-state index contributed by atoms with van der Waals surface area (Å²) in [6.07, 6.45) is 4.54. The first kappa shape index (κ1) is 11.7. The number of pyridine rings is 1. The summed E-state index contributed by atoms with van der Waals surface area (Å²) in [5.74, 6) is -0.259. The van der Waals surface area contributed by atoms with Crippen LogP contribution in [-0.4, -0.2) is 23.0 Å². The minimum atomic E-state index is -0.259. The smallest absolute Gasteiger partial charge is 0.311 e. The molecule has 0 unspecified atom stereocenters. The average Bonchev–Trinajstić information content (AvgIpc) is 2.77. The molecule has 4 nitrogen and oxygen atoms in total. The fourth-order valence-electron chi connectivity index (χ4n) is 1.41. The molecule has 0 aromatic carbocycles. The van der Waals surface area contributed by atoms with Crippen LogP contribution in [0.2, 0.25) is 0 Å². The third-order valence-electron chi connectivity index (χ3n) is 2.26. The fraction of sp³-hybridized carbons (Fsp3) is 0.250. The van der Waals surface area contributed by atoms with E-state index in [1.54, 1.807) is 23.7 Å². The Morgan fingerprint density at radius 1 is 1.41 bits per heavy atom. The van der Waals surface area contributed by atoms with E-state index in [4.69, 9.17) is 0 Å². The Morgan fingerprint density at radius 2 is 2.18 bits per heavy atom. The van der Waals surface area contributed by atoms with Crippen molar-refractivity contribution in [1.82, 2.24) is 9.97 Å². The van der Waals surface area contributed by atoms with E-state index in [9.17, 15) is 4.79 Å². The van der Waals surface area contributed by atoms with E-state index < -0.39 is 0 Å². The van der Waals surface area contributed by atoms with Crippen molar-refractivity contribution in [3.63, 3.8) is 0 Å². The average molecular weight is 248 g/mol. The highest BCUT2D eigenvalue weighted by Gasteiger charge is 2.07. The summed E-state index contributed by atoms with van der Waals surface area (Å²) in [6.45, 7) is 0. The molecule has 5 heteroatoms. The minimum absolute atomic E-state index is 0.239. The van der Waals surface area contributed by atoms with Crippen molar-refractivity contribution in [1.29, 1.82) is 0 Å². The molecule has 0 N–H and O–H groups in total. The van der Waals surface area contributed by atoms with Crippen LogP contribution in [-0.2, 0) is 22.4 Å². The van der Waals surface area contributed by atoms with Crippen LogP contribution in [0.3, 0.4) is 0 Å². The number of hydrogen-bond donors (Lipinski definition) is 0. The Labute approximate surface area is 103 Å². The normalized spacial score (nSPS) is 10.2. The molecule has 2 aromatic heterocycles. The Bertz CT molecular complexity index is 496. The largest absolute Gasteiger partial charge is 0.469 e. The predicted molar refractivity (Wildman–Crippen MR) is 64.9 cm³/mol. The molecular formula is C12H12N2O2S. The Morgan fingerprint density at radius 3 is 2.88 bits per heavy atom. The van der Waals surface area contributed by atoms with Crippen molar-refractivity contribution < 1.29 is 9.53 Å². The molecule has 2 heterocycles. The number of thiazole rings is 1. The number of carbonyl (C=O) groups excluding carboxylic acids is 1. The van der Waals surface area contributed by atoms with E-state index in [0.717, 1.165) is 17.1 Å². The summed E-state index contributed by atoms with van der Waals surface area (Å²) in [6, 6.07) is 3.92. The zero-order chi connectivity index (χ0) is 12.1. The quantitative estimate of drug-likeness (QED) is 0.775. The molecular weight excluding hydrogens is 236 g/mol. The van der Waals surface area contributed by atoms with Gasteiger partial charge < -0.3 is 4.74 Å². The molecule has 0 saturated heterocycles. The van der Waals surface area contributed by atoms with Crippen LogP contribution in [0.5, 0.6) is 0 Å². The van der Waals surface area contributed by atoms with Gasteiger partial charge in [0.1, 0.15) is 0 Å². The van der Waals surface area contributed by atoms with Gasteiger partial charge in [-0.3, -0.25) is 9.78 Å². The molecule has 2 aromatic rings. The second kappa shape index (κ2) is 5.54. The molecule has 0 bridgehead atoms. The van der Waals surface area contributed by atoms with E-state index in [2.05, 4.69) is 14.7 Å². The first-order valence-electron chi connectivity index (χ1n) is 5.17. The van der Waals surface area contributed by atoms with Crippen molar-refractivity contribution in [3.05, 3.63) is 46.2 Å². The fourth-order valence-corrected chi connectivity index (χ4v) is 2.23. The van der Waals surface area contributed by atoms with Crippen molar-refractivity contribution in [2.24, 2.45) is 0 Å². The first-order chi connectivity index (χ1) is 8.28. The Kier molecular flexibility index (Phi) is 3.82. The molecule has 0 atom stereocenters. The van der Waals surface area contributed by atoms with Crippen molar-refractivity contribution >= 4 is 17.3 Å². The monoisotopic (exact) mass is 248 g/mol. The van der Waals surface area contributed by atoms with Gasteiger partial charge in [0.15, 0.2) is 0 Å². The summed E-state index contributed by atoms with van der Waals surface area (Å²) >= 11 is 1.56. The van der Waals surface area contributed by atoms with E-state index in [-0.39, 0.29) is 12.4 Å². The minimum Gasteiger partial charge on any atom is -0.469 e. The second-order valence-electron chi connectivity index (χ2n) is 3.52. The molecule has 0 aliphatic rings. The van der Waals surface area contributed by atoms with E-state index >= 15 is 0 Å². The number of rotatable bonds is 4. The first-order valence-corrected chi connectivity index (χ1v) is 6.05. The second-order valence-corrected chi connectivity index (χ2v) is 4.46. The Hall–Kier alpha value is -1.75. The topological polar surface area (TPSA) is 52.1 Å². The van der Waals surface area contributed by atoms with Crippen molar-refractivity contribution in [2.45, 2.75) is 12.8 Å². The lowest BCUT2D eigenvalue weighted by atomic mass is 10.2. The number of hydrogen-bond acceptors (Lipinski definition) is 5. The number of methoxy groups -OCH3 is 1. The summed E-state index contributed by atoms with van der Waals surface area (Å²) in [5.41, 5.74) is 1.94. The zero-order valence-electron chi connectivity index (χ0n) is 9.42. The molecule has 88 valence electrons. The van der Waals surface area contributed by atoms with Gasteiger partial charge in [-0.15, -0.1) is 11.3 Å². The number of aromatic nitrogens is 2. The van der Waals surface area contributed by atoms with Gasteiger partial charge in [0.25, 0.3) is 0 Å². The molecule has 0 fully saturated rings. The van der Waals surface area contributed by atoms with Crippen LogP contribution in [0, 0.1) is 0 Å². The van der Waals surface area contributed by atoms with Gasteiger partial charge >= 0.3 is 5.97 Å². The number of esters is 1. The Balaban J connectivity index is 2.01. The lowest BCUT2D eigenvalue weighted by Crippen LogP contribution is -2.04. The molecule has 0 aliphatic carbocycles. The lowest BCUT2D eigenvalue weighted by Gasteiger charge is -1.96. The molecule has 0 radical (unpaired) electrons. The molecule has 2 rings (SSSR count). The number of carbonyl (C=O) groups is 1. The van der Waals surface area contributed by atoms with Crippen molar-refractivity contribution in [3.8, 4) is 0 Å². The van der Waals surface area contributed by atoms with Gasteiger partial charge in [0.05, 0.1) is 24.2 Å². The van der Waals surface area contributed by atoms with Gasteiger partial charge in [0, 0.05) is 24.2 Å². The van der Waals surface area contributed by atoms with Crippen LogP contribution < -0.4 is 0 Å². The molecule has 0 aliphatic heterocycles. The summed E-state index contributed by atoms with van der Waals surface area (Å²) in [7, 11) is 1.38. The lowest BCUT2D eigenvalue weighted by molar-refractivity contribution is -0.139. The molecule has 0 spiro atoms. The highest BCUT2D eigenvalue weighted by Crippen LogP contribution is 2.14. The molecule has 0 amide bonds. The van der Waals surface area contributed by atoms with Gasteiger partial charge in [-0.25, -0.2) is 4.98 Å². The maximum absolute atomic E-state index is 11.1. The SMILES string of the molecule is COC(=O)Cc1csc(Cc2ccncc2)n1. The zero-order valence-corrected chi connectivity index (χ0v) is 10.2. The van der Waals surface area contributed by atoms with Gasteiger partial charge in [-0.2, -0.15) is 0 Å². The predicted octanol–water partition coefficient (Wildman–Crippen LogP) is 1.84. The van der Waals surface area contributed by atoms with Crippen LogP contribution in [0.4, 0.5) is 0 Å². The number of ether oxygens (including phenoxy) is 1. The van der Waals surface area contributed by atoms with E-state index in [0.29, 0.717) is 0 Å².